The topological polar surface area (TPSA) is 62.3 Å². The van der Waals surface area contributed by atoms with Crippen LogP contribution in [0.3, 0.4) is 0 Å². The van der Waals surface area contributed by atoms with E-state index in [2.05, 4.69) is 10.3 Å². The molecule has 2 heterocycles. The normalized spacial score (nSPS) is 18.2. The Morgan fingerprint density at radius 2 is 1.88 bits per heavy atom. The van der Waals surface area contributed by atoms with Crippen LogP contribution >= 0.6 is 0 Å². The fourth-order valence-corrected chi connectivity index (χ4v) is 4.64. The minimum Gasteiger partial charge on any atom is -0.359 e. The summed E-state index contributed by atoms with van der Waals surface area (Å²) in [5.74, 6) is -0.782. The van der Waals surface area contributed by atoms with Crippen molar-refractivity contribution in [2.75, 3.05) is 20.1 Å². The van der Waals surface area contributed by atoms with Crippen LogP contribution in [0.2, 0.25) is 0 Å². The minimum absolute atomic E-state index is 0.0845. The third-order valence-corrected chi connectivity index (χ3v) is 6.18. The molecular formula is C26H26FN3O2. The summed E-state index contributed by atoms with van der Waals surface area (Å²) in [7, 11) is 1.63. The first-order valence-electron chi connectivity index (χ1n) is 10.8. The zero-order chi connectivity index (χ0) is 22.6. The molecule has 1 fully saturated rings. The molecule has 1 saturated heterocycles. The van der Waals surface area contributed by atoms with Crippen LogP contribution in [0.15, 0.2) is 73.1 Å². The molecule has 1 atom stereocenters. The molecule has 164 valence electrons. The van der Waals surface area contributed by atoms with Gasteiger partial charge in [-0.1, -0.05) is 30.3 Å². The Labute approximate surface area is 187 Å². The number of carbonyl (C=O) groups excluding carboxylic acids is 2. The molecule has 2 amide bonds. The Kier molecular flexibility index (Phi) is 6.30. The van der Waals surface area contributed by atoms with Crippen LogP contribution in [0.5, 0.6) is 0 Å². The average Bonchev–Trinajstić information content (AvgIpc) is 2.84. The molecule has 0 spiro atoms. The molecule has 0 saturated carbocycles. The molecule has 1 N–H and O–H groups in total. The van der Waals surface area contributed by atoms with Crippen molar-refractivity contribution in [1.82, 2.24) is 15.2 Å². The zero-order valence-corrected chi connectivity index (χ0v) is 18.1. The number of piperidine rings is 1. The van der Waals surface area contributed by atoms with Gasteiger partial charge in [-0.05, 0) is 66.3 Å². The highest BCUT2D eigenvalue weighted by Gasteiger charge is 2.43. The first-order chi connectivity index (χ1) is 15.5. The molecule has 32 heavy (non-hydrogen) atoms. The van der Waals surface area contributed by atoms with Gasteiger partial charge >= 0.3 is 0 Å². The van der Waals surface area contributed by atoms with Crippen LogP contribution in [0.25, 0.3) is 11.1 Å². The number of halogens is 1. The Hall–Kier alpha value is -3.54. The number of amides is 2. The van der Waals surface area contributed by atoms with E-state index in [1.165, 1.54) is 18.2 Å². The molecule has 5 nitrogen and oxygen atoms in total. The van der Waals surface area contributed by atoms with Crippen molar-refractivity contribution < 1.29 is 14.0 Å². The van der Waals surface area contributed by atoms with E-state index < -0.39 is 11.2 Å². The summed E-state index contributed by atoms with van der Waals surface area (Å²) < 4.78 is 13.7. The van der Waals surface area contributed by atoms with E-state index in [9.17, 15) is 14.0 Å². The highest BCUT2D eigenvalue weighted by Crippen LogP contribution is 2.37. The van der Waals surface area contributed by atoms with Crippen LogP contribution in [0.4, 0.5) is 4.39 Å². The van der Waals surface area contributed by atoms with Crippen molar-refractivity contribution in [2.45, 2.75) is 19.3 Å². The summed E-state index contributed by atoms with van der Waals surface area (Å²) in [4.78, 5) is 32.1. The smallest absolute Gasteiger partial charge is 0.253 e. The fraction of sp³-hybridized carbons (Fsp3) is 0.269. The summed E-state index contributed by atoms with van der Waals surface area (Å²) in [6.07, 6.45) is 5.37. The van der Waals surface area contributed by atoms with Gasteiger partial charge < -0.3 is 10.2 Å². The van der Waals surface area contributed by atoms with Crippen LogP contribution in [-0.2, 0) is 11.2 Å². The number of nitrogens with zero attached hydrogens (tertiary/aromatic N) is 2. The van der Waals surface area contributed by atoms with Gasteiger partial charge in [0.2, 0.25) is 5.91 Å². The van der Waals surface area contributed by atoms with Gasteiger partial charge in [-0.3, -0.25) is 14.6 Å². The summed E-state index contributed by atoms with van der Waals surface area (Å²) in [5, 5.41) is 2.82. The molecule has 0 bridgehead atoms. The average molecular weight is 432 g/mol. The van der Waals surface area contributed by atoms with E-state index in [1.807, 2.05) is 36.4 Å². The monoisotopic (exact) mass is 431 g/mol. The molecular weight excluding hydrogens is 405 g/mol. The number of aromatic nitrogens is 1. The molecule has 1 unspecified atom stereocenters. The Morgan fingerprint density at radius 1 is 1.09 bits per heavy atom. The van der Waals surface area contributed by atoms with Crippen LogP contribution in [-0.4, -0.2) is 41.8 Å². The number of carbonyl (C=O) groups is 2. The van der Waals surface area contributed by atoms with Gasteiger partial charge in [0.25, 0.3) is 5.91 Å². The first kappa shape index (κ1) is 21.7. The van der Waals surface area contributed by atoms with Crippen molar-refractivity contribution in [3.8, 4) is 11.1 Å². The quantitative estimate of drug-likeness (QED) is 0.662. The Balaban J connectivity index is 1.67. The van der Waals surface area contributed by atoms with Crippen molar-refractivity contribution in [2.24, 2.45) is 5.41 Å². The summed E-state index contributed by atoms with van der Waals surface area (Å²) >= 11 is 0. The molecule has 3 aromatic rings. The Morgan fingerprint density at radius 3 is 2.62 bits per heavy atom. The summed E-state index contributed by atoms with van der Waals surface area (Å²) in [6.45, 7) is 0.826. The van der Waals surface area contributed by atoms with Gasteiger partial charge in [-0.15, -0.1) is 0 Å². The van der Waals surface area contributed by atoms with Crippen molar-refractivity contribution in [1.29, 1.82) is 0 Å². The van der Waals surface area contributed by atoms with Crippen LogP contribution < -0.4 is 5.32 Å². The molecule has 6 heteroatoms. The second-order valence-corrected chi connectivity index (χ2v) is 8.27. The van der Waals surface area contributed by atoms with Gasteiger partial charge in [0.05, 0.1) is 5.41 Å². The van der Waals surface area contributed by atoms with E-state index in [-0.39, 0.29) is 18.4 Å². The van der Waals surface area contributed by atoms with Crippen molar-refractivity contribution >= 4 is 11.8 Å². The lowest BCUT2D eigenvalue weighted by molar-refractivity contribution is -0.133. The van der Waals surface area contributed by atoms with Gasteiger partial charge in [0.1, 0.15) is 5.82 Å². The third-order valence-electron chi connectivity index (χ3n) is 6.18. The second-order valence-electron chi connectivity index (χ2n) is 8.27. The lowest BCUT2D eigenvalue weighted by Crippen LogP contribution is -2.54. The van der Waals surface area contributed by atoms with E-state index in [0.29, 0.717) is 31.4 Å². The zero-order valence-electron chi connectivity index (χ0n) is 18.1. The van der Waals surface area contributed by atoms with Crippen molar-refractivity contribution in [3.05, 3.63) is 90.0 Å². The molecule has 0 radical (unpaired) electrons. The summed E-state index contributed by atoms with van der Waals surface area (Å²) in [5.41, 5.74) is 2.66. The molecule has 1 aliphatic rings. The molecule has 4 rings (SSSR count). The molecule has 1 aliphatic heterocycles. The van der Waals surface area contributed by atoms with E-state index in [1.54, 1.807) is 30.4 Å². The van der Waals surface area contributed by atoms with E-state index in [0.717, 1.165) is 16.7 Å². The maximum absolute atomic E-state index is 13.7. The highest BCUT2D eigenvalue weighted by atomic mass is 19.1. The maximum atomic E-state index is 13.7. The number of likely N-dealkylation sites (tertiary alicyclic amines) is 1. The Bertz CT molecular complexity index is 1120. The largest absolute Gasteiger partial charge is 0.359 e. The first-order valence-corrected chi connectivity index (χ1v) is 10.8. The van der Waals surface area contributed by atoms with E-state index in [4.69, 9.17) is 0 Å². The van der Waals surface area contributed by atoms with Gasteiger partial charge in [-0.25, -0.2) is 4.39 Å². The van der Waals surface area contributed by atoms with Gasteiger partial charge in [-0.2, -0.15) is 0 Å². The number of rotatable bonds is 5. The lowest BCUT2D eigenvalue weighted by Gasteiger charge is -2.42. The van der Waals surface area contributed by atoms with Gasteiger partial charge in [0.15, 0.2) is 0 Å². The van der Waals surface area contributed by atoms with E-state index >= 15 is 0 Å². The number of hydrogen-bond acceptors (Lipinski definition) is 3. The number of nitrogens with one attached hydrogen (secondary N) is 1. The standard InChI is InChI=1S/C26H26FN3O2/c1-28-25(32)26(17-21-6-2-3-9-23(21)19-10-13-29-14-11-19)12-5-15-30(18-26)24(31)20-7-4-8-22(27)16-20/h2-4,6-11,13-14,16H,5,12,15,17-18H2,1H3,(H,28,32). The number of pyridine rings is 1. The maximum Gasteiger partial charge on any atom is 0.253 e. The summed E-state index contributed by atoms with van der Waals surface area (Å²) in [6, 6.07) is 17.6. The van der Waals surface area contributed by atoms with Crippen molar-refractivity contribution in [3.63, 3.8) is 0 Å². The fourth-order valence-electron chi connectivity index (χ4n) is 4.64. The minimum atomic E-state index is -0.765. The predicted molar refractivity (Wildman–Crippen MR) is 121 cm³/mol. The highest BCUT2D eigenvalue weighted by molar-refractivity contribution is 5.95. The SMILES string of the molecule is CNC(=O)C1(Cc2ccccc2-c2ccncc2)CCCN(C(=O)c2cccc(F)c2)C1. The molecule has 0 aliphatic carbocycles. The third kappa shape index (κ3) is 4.40. The second kappa shape index (κ2) is 9.30. The molecule has 1 aromatic heterocycles. The molecule has 2 aromatic carbocycles. The number of hydrogen-bond donors (Lipinski definition) is 1. The predicted octanol–water partition coefficient (Wildman–Crippen LogP) is 4.10. The number of benzene rings is 2. The van der Waals surface area contributed by atoms with Crippen LogP contribution in [0, 0.1) is 11.2 Å². The lowest BCUT2D eigenvalue weighted by atomic mass is 9.73. The van der Waals surface area contributed by atoms with Crippen LogP contribution in [0.1, 0.15) is 28.8 Å². The van der Waals surface area contributed by atoms with Gasteiger partial charge in [0, 0.05) is 38.1 Å².